The fourth-order valence-electron chi connectivity index (χ4n) is 2.04. The minimum absolute atomic E-state index is 0.0114. The number of methoxy groups -OCH3 is 1. The fourth-order valence-corrected chi connectivity index (χ4v) is 2.04. The van der Waals surface area contributed by atoms with Gasteiger partial charge in [0.05, 0.1) is 12.7 Å². The second-order valence-corrected chi connectivity index (χ2v) is 4.29. The summed E-state index contributed by atoms with van der Waals surface area (Å²) >= 11 is 0. The number of benzene rings is 1. The summed E-state index contributed by atoms with van der Waals surface area (Å²) in [4.78, 5) is 28.1. The number of fused-ring (bicyclic) bond motifs is 1. The largest absolute Gasteiger partial charge is 0.464 e. The molecule has 2 aromatic rings. The van der Waals surface area contributed by atoms with E-state index in [1.54, 1.807) is 24.3 Å². The van der Waals surface area contributed by atoms with Crippen LogP contribution in [0, 0.1) is 0 Å². The molecule has 0 aliphatic carbocycles. The number of nitrogens with zero attached hydrogens (tertiary/aromatic N) is 1. The topological polar surface area (TPSA) is 74.7 Å². The van der Waals surface area contributed by atoms with E-state index in [9.17, 15) is 9.59 Å². The molecule has 0 fully saturated rings. The number of carbonyl (C=O) groups is 2. The normalized spacial score (nSPS) is 12.0. The van der Waals surface area contributed by atoms with E-state index in [1.165, 1.54) is 19.4 Å². The Bertz CT molecular complexity index is 726. The van der Waals surface area contributed by atoms with Crippen LogP contribution in [0.2, 0.25) is 0 Å². The summed E-state index contributed by atoms with van der Waals surface area (Å²) in [5, 5.41) is 0. The minimum atomic E-state index is -0.653. The summed E-state index contributed by atoms with van der Waals surface area (Å²) in [6.07, 6.45) is 1.43. The number of pyridine rings is 1. The highest BCUT2D eigenvalue weighted by Gasteiger charge is 2.22. The van der Waals surface area contributed by atoms with Crippen molar-refractivity contribution in [2.24, 2.45) is 0 Å². The third-order valence-corrected chi connectivity index (χ3v) is 3.07. The van der Waals surface area contributed by atoms with Crippen molar-refractivity contribution >= 4 is 11.8 Å². The molecule has 2 heterocycles. The molecule has 0 saturated carbocycles. The molecule has 1 aliphatic rings. The first kappa shape index (κ1) is 13.1. The first-order valence-corrected chi connectivity index (χ1v) is 6.18. The average Bonchev–Trinajstić information content (AvgIpc) is 3.01. The lowest BCUT2D eigenvalue weighted by molar-refractivity contribution is 0.0590. The highest BCUT2D eigenvalue weighted by molar-refractivity contribution is 6.14. The summed E-state index contributed by atoms with van der Waals surface area (Å²) in [6.45, 7) is 0.132. The van der Waals surface area contributed by atoms with Gasteiger partial charge in [-0.25, -0.2) is 9.78 Å². The minimum Gasteiger partial charge on any atom is -0.464 e. The predicted molar refractivity (Wildman–Crippen MR) is 71.6 cm³/mol. The Morgan fingerprint density at radius 2 is 2.00 bits per heavy atom. The van der Waals surface area contributed by atoms with Gasteiger partial charge in [0.1, 0.15) is 0 Å². The molecule has 1 aliphatic heterocycles. The maximum atomic E-state index is 12.5. The van der Waals surface area contributed by atoms with E-state index in [4.69, 9.17) is 9.47 Å². The maximum absolute atomic E-state index is 12.5. The van der Waals surface area contributed by atoms with E-state index in [0.717, 1.165) is 0 Å². The zero-order chi connectivity index (χ0) is 14.8. The number of aromatic nitrogens is 1. The zero-order valence-electron chi connectivity index (χ0n) is 11.2. The predicted octanol–water partition coefficient (Wildman–Crippen LogP) is 1.83. The summed E-state index contributed by atoms with van der Waals surface area (Å²) in [6, 6.07) is 7.98. The summed E-state index contributed by atoms with van der Waals surface area (Å²) < 4.78 is 15.1. The Hall–Kier alpha value is -2.89. The van der Waals surface area contributed by atoms with Gasteiger partial charge < -0.3 is 14.2 Å². The van der Waals surface area contributed by atoms with Crippen molar-refractivity contribution in [1.82, 2.24) is 4.98 Å². The van der Waals surface area contributed by atoms with Crippen LogP contribution in [0.1, 0.15) is 26.4 Å². The quantitative estimate of drug-likeness (QED) is 0.632. The number of esters is 1. The zero-order valence-corrected chi connectivity index (χ0v) is 11.2. The molecular weight excluding hydrogens is 274 g/mol. The Balaban J connectivity index is 2.01. The Morgan fingerprint density at radius 1 is 1.19 bits per heavy atom. The van der Waals surface area contributed by atoms with Crippen LogP contribution in [0.5, 0.6) is 11.5 Å². The third kappa shape index (κ3) is 2.31. The van der Waals surface area contributed by atoms with Crippen LogP contribution in [0.4, 0.5) is 0 Å². The smallest absolute Gasteiger partial charge is 0.357 e. The molecule has 0 amide bonds. The molecule has 0 radical (unpaired) electrons. The molecule has 0 unspecified atom stereocenters. The van der Waals surface area contributed by atoms with Crippen LogP contribution < -0.4 is 9.47 Å². The van der Waals surface area contributed by atoms with Crippen LogP contribution in [0.25, 0.3) is 0 Å². The average molecular weight is 285 g/mol. The van der Waals surface area contributed by atoms with E-state index in [1.807, 2.05) is 0 Å². The van der Waals surface area contributed by atoms with Crippen molar-refractivity contribution in [2.45, 2.75) is 0 Å². The van der Waals surface area contributed by atoms with Crippen LogP contribution in [-0.2, 0) is 4.74 Å². The molecule has 1 aromatic heterocycles. The monoisotopic (exact) mass is 285 g/mol. The number of ether oxygens (including phenoxy) is 3. The molecule has 0 saturated heterocycles. The van der Waals surface area contributed by atoms with Gasteiger partial charge in [0.2, 0.25) is 6.79 Å². The van der Waals surface area contributed by atoms with Gasteiger partial charge in [0.15, 0.2) is 23.0 Å². The molecule has 0 spiro atoms. The van der Waals surface area contributed by atoms with Gasteiger partial charge >= 0.3 is 5.97 Å². The van der Waals surface area contributed by atoms with Crippen molar-refractivity contribution < 1.29 is 23.8 Å². The van der Waals surface area contributed by atoms with Crippen molar-refractivity contribution in [2.75, 3.05) is 13.9 Å². The molecule has 106 valence electrons. The lowest BCUT2D eigenvalue weighted by Crippen LogP contribution is -2.13. The Labute approximate surface area is 120 Å². The molecule has 1 aromatic carbocycles. The van der Waals surface area contributed by atoms with E-state index in [2.05, 4.69) is 9.72 Å². The molecule has 0 atom stereocenters. The number of ketones is 1. The van der Waals surface area contributed by atoms with Gasteiger partial charge in [-0.3, -0.25) is 4.79 Å². The maximum Gasteiger partial charge on any atom is 0.357 e. The number of hydrogen-bond acceptors (Lipinski definition) is 6. The van der Waals surface area contributed by atoms with E-state index in [-0.39, 0.29) is 23.8 Å². The molecule has 0 N–H and O–H groups in total. The first-order valence-electron chi connectivity index (χ1n) is 6.18. The van der Waals surface area contributed by atoms with E-state index >= 15 is 0 Å². The van der Waals surface area contributed by atoms with Gasteiger partial charge in [-0.15, -0.1) is 0 Å². The molecule has 6 heteroatoms. The van der Waals surface area contributed by atoms with Crippen molar-refractivity contribution in [1.29, 1.82) is 0 Å². The number of rotatable bonds is 3. The molecule has 3 rings (SSSR count). The van der Waals surface area contributed by atoms with Crippen LogP contribution in [0.15, 0.2) is 36.5 Å². The van der Waals surface area contributed by atoms with Gasteiger partial charge in [-0.2, -0.15) is 0 Å². The molecular formula is C15H11NO5. The second-order valence-electron chi connectivity index (χ2n) is 4.29. The lowest BCUT2D eigenvalue weighted by Gasteiger charge is -2.06. The highest BCUT2D eigenvalue weighted by atomic mass is 16.7. The van der Waals surface area contributed by atoms with E-state index < -0.39 is 5.97 Å². The van der Waals surface area contributed by atoms with Crippen molar-refractivity contribution in [3.63, 3.8) is 0 Å². The van der Waals surface area contributed by atoms with Crippen molar-refractivity contribution in [3.8, 4) is 11.5 Å². The summed E-state index contributed by atoms with van der Waals surface area (Å²) in [7, 11) is 1.24. The summed E-state index contributed by atoms with van der Waals surface area (Å²) in [5.74, 6) is 0.108. The Morgan fingerprint density at radius 3 is 2.81 bits per heavy atom. The molecule has 0 bridgehead atoms. The van der Waals surface area contributed by atoms with Gasteiger partial charge in [-0.05, 0) is 30.3 Å². The lowest BCUT2D eigenvalue weighted by atomic mass is 10.0. The number of carbonyl (C=O) groups excluding carboxylic acids is 2. The third-order valence-electron chi connectivity index (χ3n) is 3.07. The highest BCUT2D eigenvalue weighted by Crippen LogP contribution is 2.33. The SMILES string of the molecule is COC(=O)c1ncccc1C(=O)c1ccc2c(c1)OCO2. The van der Waals surface area contributed by atoms with Crippen LogP contribution in [-0.4, -0.2) is 30.6 Å². The Kier molecular flexibility index (Phi) is 3.27. The van der Waals surface area contributed by atoms with Crippen LogP contribution >= 0.6 is 0 Å². The van der Waals surface area contributed by atoms with Crippen LogP contribution in [0.3, 0.4) is 0 Å². The summed E-state index contributed by atoms with van der Waals surface area (Å²) in [5.41, 5.74) is 0.559. The molecule has 21 heavy (non-hydrogen) atoms. The van der Waals surface area contributed by atoms with Gasteiger partial charge in [-0.1, -0.05) is 0 Å². The first-order chi connectivity index (χ1) is 10.2. The van der Waals surface area contributed by atoms with Gasteiger partial charge in [0, 0.05) is 11.8 Å². The fraction of sp³-hybridized carbons (Fsp3) is 0.133. The van der Waals surface area contributed by atoms with Crippen molar-refractivity contribution in [3.05, 3.63) is 53.3 Å². The number of hydrogen-bond donors (Lipinski definition) is 0. The second kappa shape index (κ2) is 5.24. The van der Waals surface area contributed by atoms with E-state index in [0.29, 0.717) is 17.1 Å². The van der Waals surface area contributed by atoms with Gasteiger partial charge in [0.25, 0.3) is 0 Å². The standard InChI is InChI=1S/C15H11NO5/c1-19-15(18)13-10(3-2-6-16-13)14(17)9-4-5-11-12(7-9)21-8-20-11/h2-7H,8H2,1H3. The molecule has 6 nitrogen and oxygen atoms in total.